The maximum atomic E-state index is 5.37. The van der Waals surface area contributed by atoms with Crippen LogP contribution in [0.4, 0.5) is 0 Å². The lowest BCUT2D eigenvalue weighted by Crippen LogP contribution is -1.95. The summed E-state index contributed by atoms with van der Waals surface area (Å²) in [7, 11) is 0. The number of hydrogen-bond donors (Lipinski definition) is 1. The second-order valence-corrected chi connectivity index (χ2v) is 3.26. The predicted octanol–water partition coefficient (Wildman–Crippen LogP) is 1.84. The van der Waals surface area contributed by atoms with Crippen LogP contribution in [0.5, 0.6) is 0 Å². The van der Waals surface area contributed by atoms with E-state index in [4.69, 9.17) is 10.2 Å². The van der Waals surface area contributed by atoms with Gasteiger partial charge in [0.05, 0.1) is 0 Å². The monoisotopic (exact) mass is 200 g/mol. The van der Waals surface area contributed by atoms with E-state index in [2.05, 4.69) is 16.8 Å². The van der Waals surface area contributed by atoms with Crippen molar-refractivity contribution in [1.82, 2.24) is 4.98 Å². The van der Waals surface area contributed by atoms with Crippen molar-refractivity contribution in [3.05, 3.63) is 29.7 Å². The first-order chi connectivity index (χ1) is 7.29. The number of rotatable bonds is 1. The third-order valence-corrected chi connectivity index (χ3v) is 2.00. The third kappa shape index (κ3) is 2.17. The molecule has 3 heteroatoms. The first kappa shape index (κ1) is 9.75. The van der Waals surface area contributed by atoms with Crippen molar-refractivity contribution in [2.24, 2.45) is 5.73 Å². The fourth-order valence-electron chi connectivity index (χ4n) is 1.36. The van der Waals surface area contributed by atoms with Crippen molar-refractivity contribution >= 4 is 11.1 Å². The van der Waals surface area contributed by atoms with Gasteiger partial charge in [-0.3, -0.25) is 0 Å². The van der Waals surface area contributed by atoms with E-state index in [-0.39, 0.29) is 0 Å². The number of aromatic nitrogens is 1. The van der Waals surface area contributed by atoms with E-state index in [1.807, 2.05) is 25.1 Å². The topological polar surface area (TPSA) is 52.0 Å². The van der Waals surface area contributed by atoms with Crippen LogP contribution in [0.15, 0.2) is 22.6 Å². The van der Waals surface area contributed by atoms with E-state index >= 15 is 0 Å². The van der Waals surface area contributed by atoms with Crippen LogP contribution in [0, 0.1) is 18.8 Å². The van der Waals surface area contributed by atoms with Crippen molar-refractivity contribution in [3.63, 3.8) is 0 Å². The molecule has 0 saturated heterocycles. The highest BCUT2D eigenvalue weighted by molar-refractivity contribution is 5.74. The van der Waals surface area contributed by atoms with Gasteiger partial charge < -0.3 is 10.2 Å². The second kappa shape index (κ2) is 4.16. The lowest BCUT2D eigenvalue weighted by Gasteiger charge is -1.88. The highest BCUT2D eigenvalue weighted by Gasteiger charge is 2.01. The summed E-state index contributed by atoms with van der Waals surface area (Å²) in [6.45, 7) is 2.43. The molecule has 0 atom stereocenters. The van der Waals surface area contributed by atoms with E-state index in [0.717, 1.165) is 23.1 Å². The van der Waals surface area contributed by atoms with Crippen LogP contribution in [0.2, 0.25) is 0 Å². The SMILES string of the molecule is Cc1nc2cc(C#CCCN)ccc2o1. The van der Waals surface area contributed by atoms with Crippen LogP contribution >= 0.6 is 0 Å². The molecular formula is C12H12N2O. The molecule has 3 nitrogen and oxygen atoms in total. The first-order valence-corrected chi connectivity index (χ1v) is 4.86. The molecule has 0 fully saturated rings. The van der Waals surface area contributed by atoms with Crippen molar-refractivity contribution in [3.8, 4) is 11.8 Å². The molecule has 2 rings (SSSR count). The van der Waals surface area contributed by atoms with E-state index in [1.165, 1.54) is 0 Å². The Bertz CT molecular complexity index is 531. The van der Waals surface area contributed by atoms with Crippen LogP contribution in [0.3, 0.4) is 0 Å². The smallest absolute Gasteiger partial charge is 0.192 e. The summed E-state index contributed by atoms with van der Waals surface area (Å²) in [5, 5.41) is 0. The van der Waals surface area contributed by atoms with E-state index in [1.54, 1.807) is 0 Å². The summed E-state index contributed by atoms with van der Waals surface area (Å²) in [5.41, 5.74) is 7.96. The molecule has 0 spiro atoms. The Morgan fingerprint density at radius 1 is 1.47 bits per heavy atom. The molecule has 0 radical (unpaired) electrons. The summed E-state index contributed by atoms with van der Waals surface area (Å²) in [5.74, 6) is 6.70. The van der Waals surface area contributed by atoms with Gasteiger partial charge in [-0.25, -0.2) is 4.98 Å². The fourth-order valence-corrected chi connectivity index (χ4v) is 1.36. The molecule has 1 aromatic heterocycles. The molecule has 2 N–H and O–H groups in total. The van der Waals surface area contributed by atoms with Crippen molar-refractivity contribution in [2.45, 2.75) is 13.3 Å². The Balaban J connectivity index is 2.35. The summed E-state index contributed by atoms with van der Waals surface area (Å²) in [6, 6.07) is 5.74. The molecular weight excluding hydrogens is 188 g/mol. The van der Waals surface area contributed by atoms with Gasteiger partial charge in [-0.1, -0.05) is 11.8 Å². The Hall–Kier alpha value is -1.79. The maximum Gasteiger partial charge on any atom is 0.192 e. The zero-order chi connectivity index (χ0) is 10.7. The van der Waals surface area contributed by atoms with E-state index in [9.17, 15) is 0 Å². The molecule has 0 aliphatic carbocycles. The number of fused-ring (bicyclic) bond motifs is 1. The molecule has 0 unspecified atom stereocenters. The van der Waals surface area contributed by atoms with Crippen LogP contribution in [0.1, 0.15) is 17.9 Å². The van der Waals surface area contributed by atoms with Crippen LogP contribution in [0.25, 0.3) is 11.1 Å². The summed E-state index contributed by atoms with van der Waals surface area (Å²) in [4.78, 5) is 4.24. The van der Waals surface area contributed by atoms with Gasteiger partial charge in [0, 0.05) is 25.5 Å². The summed E-state index contributed by atoms with van der Waals surface area (Å²) >= 11 is 0. The normalized spacial score (nSPS) is 10.0. The molecule has 1 aromatic carbocycles. The standard InChI is InChI=1S/C12H12N2O/c1-9-14-11-8-10(4-2-3-7-13)5-6-12(11)15-9/h5-6,8H,3,7,13H2,1H3. The molecule has 0 bridgehead atoms. The largest absolute Gasteiger partial charge is 0.441 e. The average Bonchev–Trinajstić information content (AvgIpc) is 2.57. The number of nitrogens with zero attached hydrogens (tertiary/aromatic N) is 1. The quantitative estimate of drug-likeness (QED) is 0.714. The van der Waals surface area contributed by atoms with Crippen LogP contribution < -0.4 is 5.73 Å². The zero-order valence-corrected chi connectivity index (χ0v) is 8.58. The Morgan fingerprint density at radius 3 is 3.13 bits per heavy atom. The minimum atomic E-state index is 0.596. The molecule has 0 saturated carbocycles. The molecule has 76 valence electrons. The van der Waals surface area contributed by atoms with Gasteiger partial charge in [0.25, 0.3) is 0 Å². The first-order valence-electron chi connectivity index (χ1n) is 4.86. The average molecular weight is 200 g/mol. The zero-order valence-electron chi connectivity index (χ0n) is 8.58. The highest BCUT2D eigenvalue weighted by atomic mass is 16.3. The van der Waals surface area contributed by atoms with Gasteiger partial charge >= 0.3 is 0 Å². The predicted molar refractivity (Wildman–Crippen MR) is 59.3 cm³/mol. The van der Waals surface area contributed by atoms with E-state index in [0.29, 0.717) is 12.4 Å². The van der Waals surface area contributed by atoms with Gasteiger partial charge in [0.15, 0.2) is 11.5 Å². The highest BCUT2D eigenvalue weighted by Crippen LogP contribution is 2.16. The van der Waals surface area contributed by atoms with Crippen LogP contribution in [-0.4, -0.2) is 11.5 Å². The van der Waals surface area contributed by atoms with Crippen LogP contribution in [-0.2, 0) is 0 Å². The molecule has 2 aromatic rings. The Kier molecular flexibility index (Phi) is 2.70. The second-order valence-electron chi connectivity index (χ2n) is 3.26. The number of benzene rings is 1. The minimum absolute atomic E-state index is 0.596. The van der Waals surface area contributed by atoms with Gasteiger partial charge in [-0.05, 0) is 18.2 Å². The van der Waals surface area contributed by atoms with Crippen molar-refractivity contribution < 1.29 is 4.42 Å². The molecule has 0 aliphatic rings. The lowest BCUT2D eigenvalue weighted by atomic mass is 10.2. The molecule has 0 aliphatic heterocycles. The third-order valence-electron chi connectivity index (χ3n) is 2.00. The van der Waals surface area contributed by atoms with Gasteiger partial charge in [-0.15, -0.1) is 0 Å². The minimum Gasteiger partial charge on any atom is -0.441 e. The number of oxazole rings is 1. The van der Waals surface area contributed by atoms with Gasteiger partial charge in [-0.2, -0.15) is 0 Å². The maximum absolute atomic E-state index is 5.37. The fraction of sp³-hybridized carbons (Fsp3) is 0.250. The number of nitrogens with two attached hydrogens (primary N) is 1. The van der Waals surface area contributed by atoms with Crippen molar-refractivity contribution in [1.29, 1.82) is 0 Å². The molecule has 1 heterocycles. The molecule has 0 amide bonds. The lowest BCUT2D eigenvalue weighted by molar-refractivity contribution is 0.561. The van der Waals surface area contributed by atoms with E-state index < -0.39 is 0 Å². The Morgan fingerprint density at radius 2 is 2.33 bits per heavy atom. The summed E-state index contributed by atoms with van der Waals surface area (Å²) in [6.07, 6.45) is 0.718. The number of aryl methyl sites for hydroxylation is 1. The number of hydrogen-bond acceptors (Lipinski definition) is 3. The van der Waals surface area contributed by atoms with Crippen molar-refractivity contribution in [2.75, 3.05) is 6.54 Å². The summed E-state index contributed by atoms with van der Waals surface area (Å²) < 4.78 is 5.37. The Labute approximate surface area is 88.3 Å². The van der Waals surface area contributed by atoms with Gasteiger partial charge in [0.2, 0.25) is 0 Å². The molecule has 15 heavy (non-hydrogen) atoms. The van der Waals surface area contributed by atoms with Gasteiger partial charge in [0.1, 0.15) is 5.52 Å².